The number of esters is 2. The molecule has 8 heteroatoms. The number of nitrogens with zero attached hydrogens (tertiary/aromatic N) is 2. The van der Waals surface area contributed by atoms with Crippen LogP contribution in [0.2, 0.25) is 0 Å². The Hall–Kier alpha value is -2.84. The van der Waals surface area contributed by atoms with Gasteiger partial charge in [0.05, 0.1) is 34.0 Å². The average Bonchev–Trinajstić information content (AvgIpc) is 3.44. The molecule has 0 bridgehead atoms. The fourth-order valence-electron chi connectivity index (χ4n) is 3.07. The normalized spacial score (nSPS) is 11.1. The number of carbonyl (C=O) groups excluding carboxylic acids is 2. The highest BCUT2D eigenvalue weighted by Gasteiger charge is 2.29. The molecule has 4 rings (SSSR count). The van der Waals surface area contributed by atoms with Crippen molar-refractivity contribution in [1.82, 2.24) is 9.13 Å². The Morgan fingerprint density at radius 1 is 0.786 bits per heavy atom. The molecule has 0 amide bonds. The molecule has 4 heterocycles. The van der Waals surface area contributed by atoms with E-state index in [2.05, 4.69) is 0 Å². The van der Waals surface area contributed by atoms with Crippen molar-refractivity contribution < 1.29 is 19.1 Å². The van der Waals surface area contributed by atoms with Gasteiger partial charge in [0.2, 0.25) is 0 Å². The summed E-state index contributed by atoms with van der Waals surface area (Å²) < 4.78 is 15.2. The smallest absolute Gasteiger partial charge is 0.350 e. The number of fused-ring (bicyclic) bond motifs is 1. The molecule has 4 aromatic rings. The van der Waals surface area contributed by atoms with E-state index >= 15 is 0 Å². The molecular weight excluding hydrogens is 396 g/mol. The monoisotopic (exact) mass is 414 g/mol. The molecule has 0 fully saturated rings. The molecule has 0 N–H and O–H groups in total. The summed E-state index contributed by atoms with van der Waals surface area (Å²) in [6.45, 7) is 4.17. The zero-order valence-electron chi connectivity index (χ0n) is 15.4. The molecule has 0 aliphatic rings. The van der Waals surface area contributed by atoms with Gasteiger partial charge < -0.3 is 18.6 Å². The van der Waals surface area contributed by atoms with Gasteiger partial charge in [0, 0.05) is 24.8 Å². The molecule has 28 heavy (non-hydrogen) atoms. The fraction of sp³-hybridized carbons (Fsp3) is 0.200. The van der Waals surface area contributed by atoms with E-state index in [1.165, 1.54) is 22.7 Å². The van der Waals surface area contributed by atoms with E-state index in [0.29, 0.717) is 23.0 Å². The van der Waals surface area contributed by atoms with Crippen molar-refractivity contribution in [2.24, 2.45) is 0 Å². The SMILES string of the molecule is CCOC(=O)c1sc2sc(C(=O)OCC)c(-n3cccc3)c2c1-n1cccc1. The largest absolute Gasteiger partial charge is 0.462 e. The molecular formula is C20H18N2O4S2. The Labute approximate surface area is 169 Å². The van der Waals surface area contributed by atoms with Gasteiger partial charge in [-0.2, -0.15) is 0 Å². The first kappa shape index (κ1) is 18.5. The Morgan fingerprint density at radius 3 is 1.54 bits per heavy atom. The quantitative estimate of drug-likeness (QED) is 0.421. The van der Waals surface area contributed by atoms with E-state index in [4.69, 9.17) is 9.47 Å². The van der Waals surface area contributed by atoms with Crippen LogP contribution >= 0.6 is 22.7 Å². The van der Waals surface area contributed by atoms with Gasteiger partial charge in [0.25, 0.3) is 0 Å². The van der Waals surface area contributed by atoms with Gasteiger partial charge in [0.15, 0.2) is 0 Å². The number of ether oxygens (including phenoxy) is 2. The molecule has 144 valence electrons. The maximum atomic E-state index is 12.6. The van der Waals surface area contributed by atoms with Gasteiger partial charge in [-0.3, -0.25) is 0 Å². The lowest BCUT2D eigenvalue weighted by Gasteiger charge is -2.10. The van der Waals surface area contributed by atoms with Crippen molar-refractivity contribution in [3.8, 4) is 11.4 Å². The van der Waals surface area contributed by atoms with Gasteiger partial charge >= 0.3 is 11.9 Å². The van der Waals surface area contributed by atoms with Crippen LogP contribution < -0.4 is 0 Å². The first-order valence-corrected chi connectivity index (χ1v) is 10.5. The summed E-state index contributed by atoms with van der Waals surface area (Å²) in [6.07, 6.45) is 7.52. The second kappa shape index (κ2) is 7.65. The van der Waals surface area contributed by atoms with Gasteiger partial charge in [-0.25, -0.2) is 9.59 Å². The van der Waals surface area contributed by atoms with E-state index in [-0.39, 0.29) is 11.9 Å². The number of rotatable bonds is 6. The van der Waals surface area contributed by atoms with Crippen molar-refractivity contribution >= 4 is 44.0 Å². The summed E-state index contributed by atoms with van der Waals surface area (Å²) in [5.74, 6) is -0.730. The van der Waals surface area contributed by atoms with Crippen LogP contribution in [0.5, 0.6) is 0 Å². The second-order valence-corrected chi connectivity index (χ2v) is 8.14. The highest BCUT2D eigenvalue weighted by molar-refractivity contribution is 7.40. The van der Waals surface area contributed by atoms with E-state index in [1.54, 1.807) is 13.8 Å². The molecule has 0 spiro atoms. The Morgan fingerprint density at radius 2 is 1.18 bits per heavy atom. The van der Waals surface area contributed by atoms with E-state index < -0.39 is 0 Å². The third-order valence-corrected chi connectivity index (χ3v) is 6.55. The fourth-order valence-corrected chi connectivity index (χ4v) is 5.59. The third-order valence-electron chi connectivity index (χ3n) is 4.14. The van der Waals surface area contributed by atoms with E-state index in [1.807, 2.05) is 58.2 Å². The van der Waals surface area contributed by atoms with Crippen LogP contribution in [-0.2, 0) is 9.47 Å². The van der Waals surface area contributed by atoms with Gasteiger partial charge in [0.1, 0.15) is 9.75 Å². The van der Waals surface area contributed by atoms with Crippen LogP contribution in [0, 0.1) is 0 Å². The summed E-state index contributed by atoms with van der Waals surface area (Å²) in [5, 5.41) is 0.841. The van der Waals surface area contributed by atoms with Gasteiger partial charge in [-0.15, -0.1) is 22.7 Å². The lowest BCUT2D eigenvalue weighted by molar-refractivity contribution is 0.0523. The summed E-state index contributed by atoms with van der Waals surface area (Å²) in [6, 6.07) is 7.58. The molecule has 4 aromatic heterocycles. The predicted octanol–water partition coefficient (Wildman–Crippen LogP) is 4.90. The average molecular weight is 415 g/mol. The topological polar surface area (TPSA) is 62.5 Å². The molecule has 0 saturated carbocycles. The number of carbonyl (C=O) groups is 2. The number of thiophene rings is 2. The van der Waals surface area contributed by atoms with Crippen molar-refractivity contribution in [1.29, 1.82) is 0 Å². The molecule has 0 saturated heterocycles. The van der Waals surface area contributed by atoms with Crippen molar-refractivity contribution in [2.45, 2.75) is 13.8 Å². The van der Waals surface area contributed by atoms with Crippen LogP contribution in [0.15, 0.2) is 49.1 Å². The molecule has 6 nitrogen and oxygen atoms in total. The van der Waals surface area contributed by atoms with Crippen molar-refractivity contribution in [3.05, 3.63) is 58.8 Å². The zero-order valence-corrected chi connectivity index (χ0v) is 17.0. The van der Waals surface area contributed by atoms with Crippen LogP contribution in [0.4, 0.5) is 0 Å². The lowest BCUT2D eigenvalue weighted by atomic mass is 10.2. The van der Waals surface area contributed by atoms with E-state index in [0.717, 1.165) is 20.8 Å². The Kier molecular flexibility index (Phi) is 5.06. The second-order valence-electron chi connectivity index (χ2n) is 5.84. The van der Waals surface area contributed by atoms with Crippen molar-refractivity contribution in [3.63, 3.8) is 0 Å². The van der Waals surface area contributed by atoms with E-state index in [9.17, 15) is 9.59 Å². The summed E-state index contributed by atoms with van der Waals surface area (Å²) in [4.78, 5) is 26.3. The predicted molar refractivity (Wildman–Crippen MR) is 110 cm³/mol. The van der Waals surface area contributed by atoms with Crippen LogP contribution in [0.3, 0.4) is 0 Å². The summed E-state index contributed by atoms with van der Waals surface area (Å²) >= 11 is 2.68. The maximum Gasteiger partial charge on any atom is 0.350 e. The molecule has 0 aliphatic carbocycles. The highest BCUT2D eigenvalue weighted by atomic mass is 32.2. The molecule has 0 aliphatic heterocycles. The third kappa shape index (κ3) is 3.04. The number of hydrogen-bond acceptors (Lipinski definition) is 6. The first-order chi connectivity index (χ1) is 13.7. The molecule has 0 aromatic carbocycles. The standard InChI is InChI=1S/C20H18N2O4S2/c1-3-25-18(23)16-14(21-9-5-6-10-21)13-15(22-11-7-8-12-22)17(19(24)26-4-2)28-20(13)27-16/h5-12H,3-4H2,1-2H3. The van der Waals surface area contributed by atoms with Crippen LogP contribution in [-0.4, -0.2) is 34.3 Å². The summed E-state index contributed by atoms with van der Waals surface area (Å²) in [7, 11) is 0. The van der Waals surface area contributed by atoms with Gasteiger partial charge in [-0.1, -0.05) is 0 Å². The minimum absolute atomic E-state index is 0.300. The number of aromatic nitrogens is 2. The van der Waals surface area contributed by atoms with Crippen molar-refractivity contribution in [2.75, 3.05) is 13.2 Å². The van der Waals surface area contributed by atoms with Gasteiger partial charge in [-0.05, 0) is 38.1 Å². The molecule has 0 radical (unpaired) electrons. The lowest BCUT2D eigenvalue weighted by Crippen LogP contribution is -2.08. The van der Waals surface area contributed by atoms with Crippen LogP contribution in [0.25, 0.3) is 20.8 Å². The number of hydrogen-bond donors (Lipinski definition) is 0. The Bertz CT molecular complexity index is 1040. The first-order valence-electron chi connectivity index (χ1n) is 8.85. The maximum absolute atomic E-state index is 12.6. The molecule has 0 atom stereocenters. The highest BCUT2D eigenvalue weighted by Crippen LogP contribution is 2.45. The van der Waals surface area contributed by atoms with Crippen LogP contribution in [0.1, 0.15) is 33.2 Å². The zero-order chi connectivity index (χ0) is 19.7. The Balaban J connectivity index is 2.05. The summed E-state index contributed by atoms with van der Waals surface area (Å²) in [5.41, 5.74) is 1.44. The molecule has 0 unspecified atom stereocenters. The minimum atomic E-state index is -0.365. The minimum Gasteiger partial charge on any atom is -0.462 e.